The fourth-order valence-corrected chi connectivity index (χ4v) is 2.07. The average molecular weight is 228 g/mol. The SMILES string of the molecule is O=C(O)CC[C@@H]1NC(=S)N(C2CC2)C1=O. The minimum Gasteiger partial charge on any atom is -0.481 e. The molecule has 1 saturated heterocycles. The molecule has 0 aromatic heterocycles. The quantitative estimate of drug-likeness (QED) is 0.668. The standard InChI is InChI=1S/C9H12N2O3S/c12-7(13)4-3-6-8(14)11(5-1-2-5)9(15)10-6/h5-6H,1-4H2,(H,10,15)(H,12,13)/t6-/m0/s1. The number of nitrogens with one attached hydrogen (secondary N) is 1. The number of carboxylic acids is 1. The van der Waals surface area contributed by atoms with Gasteiger partial charge in [0, 0.05) is 12.5 Å². The Morgan fingerprint density at radius 1 is 1.60 bits per heavy atom. The molecule has 1 aliphatic carbocycles. The zero-order valence-electron chi connectivity index (χ0n) is 8.10. The van der Waals surface area contributed by atoms with Crippen molar-refractivity contribution in [2.45, 2.75) is 37.8 Å². The fourth-order valence-electron chi connectivity index (χ4n) is 1.69. The van der Waals surface area contributed by atoms with Gasteiger partial charge in [-0.3, -0.25) is 14.5 Å². The minimum absolute atomic E-state index is 0.00940. The summed E-state index contributed by atoms with van der Waals surface area (Å²) in [6, 6.07) is -0.179. The van der Waals surface area contributed by atoms with Crippen LogP contribution in [0.2, 0.25) is 0 Å². The molecular weight excluding hydrogens is 216 g/mol. The molecule has 1 amide bonds. The van der Waals surface area contributed by atoms with Crippen LogP contribution in [-0.2, 0) is 9.59 Å². The van der Waals surface area contributed by atoms with E-state index in [9.17, 15) is 9.59 Å². The Labute approximate surface area is 92.4 Å². The summed E-state index contributed by atoms with van der Waals surface area (Å²) in [5, 5.41) is 11.9. The van der Waals surface area contributed by atoms with E-state index in [1.165, 1.54) is 0 Å². The van der Waals surface area contributed by atoms with Crippen LogP contribution >= 0.6 is 12.2 Å². The van der Waals surface area contributed by atoms with E-state index in [0.29, 0.717) is 11.5 Å². The van der Waals surface area contributed by atoms with Crippen molar-refractivity contribution in [1.82, 2.24) is 10.2 Å². The first-order chi connectivity index (χ1) is 7.09. The molecule has 2 aliphatic rings. The van der Waals surface area contributed by atoms with E-state index in [1.807, 2.05) is 0 Å². The maximum Gasteiger partial charge on any atom is 0.303 e. The molecule has 1 aliphatic heterocycles. The Hall–Kier alpha value is -1.17. The highest BCUT2D eigenvalue weighted by atomic mass is 32.1. The summed E-state index contributed by atoms with van der Waals surface area (Å²) in [6.07, 6.45) is 2.29. The van der Waals surface area contributed by atoms with Crippen LogP contribution in [0.25, 0.3) is 0 Å². The molecule has 0 unspecified atom stereocenters. The molecule has 5 nitrogen and oxygen atoms in total. The molecule has 2 N–H and O–H groups in total. The molecule has 6 heteroatoms. The van der Waals surface area contributed by atoms with Gasteiger partial charge in [0.05, 0.1) is 0 Å². The number of carboxylic acid groups (broad SMARTS) is 1. The van der Waals surface area contributed by atoms with Crippen molar-refractivity contribution in [3.63, 3.8) is 0 Å². The number of hydrogen-bond donors (Lipinski definition) is 2. The maximum absolute atomic E-state index is 11.8. The van der Waals surface area contributed by atoms with Crippen LogP contribution in [-0.4, -0.2) is 39.1 Å². The Bertz CT molecular complexity index is 327. The van der Waals surface area contributed by atoms with E-state index in [4.69, 9.17) is 17.3 Å². The van der Waals surface area contributed by atoms with Crippen molar-refractivity contribution in [2.24, 2.45) is 0 Å². The van der Waals surface area contributed by atoms with Gasteiger partial charge in [0.2, 0.25) is 0 Å². The Morgan fingerprint density at radius 3 is 2.80 bits per heavy atom. The summed E-state index contributed by atoms with van der Waals surface area (Å²) in [7, 11) is 0. The van der Waals surface area contributed by atoms with Crippen molar-refractivity contribution in [1.29, 1.82) is 0 Å². The van der Waals surface area contributed by atoms with Crippen LogP contribution in [0.4, 0.5) is 0 Å². The van der Waals surface area contributed by atoms with Crippen molar-refractivity contribution in [3.05, 3.63) is 0 Å². The molecular formula is C9H12N2O3S. The van der Waals surface area contributed by atoms with E-state index in [0.717, 1.165) is 12.8 Å². The van der Waals surface area contributed by atoms with E-state index in [1.54, 1.807) is 4.90 Å². The predicted molar refractivity (Wildman–Crippen MR) is 56.3 cm³/mol. The van der Waals surface area contributed by atoms with Gasteiger partial charge in [0.15, 0.2) is 5.11 Å². The summed E-state index contributed by atoms with van der Waals surface area (Å²) in [6.45, 7) is 0. The summed E-state index contributed by atoms with van der Waals surface area (Å²) >= 11 is 5.04. The van der Waals surface area contributed by atoms with Gasteiger partial charge in [-0.25, -0.2) is 0 Å². The summed E-state index contributed by atoms with van der Waals surface area (Å²) in [5.41, 5.74) is 0. The molecule has 0 radical (unpaired) electrons. The molecule has 1 atom stereocenters. The van der Waals surface area contributed by atoms with E-state index < -0.39 is 12.0 Å². The van der Waals surface area contributed by atoms with E-state index in [-0.39, 0.29) is 18.4 Å². The lowest BCUT2D eigenvalue weighted by Crippen LogP contribution is -2.33. The molecule has 1 heterocycles. The molecule has 15 heavy (non-hydrogen) atoms. The third kappa shape index (κ3) is 2.09. The lowest BCUT2D eigenvalue weighted by Gasteiger charge is -2.12. The van der Waals surface area contributed by atoms with Gasteiger partial charge in [-0.15, -0.1) is 0 Å². The van der Waals surface area contributed by atoms with E-state index in [2.05, 4.69) is 5.32 Å². The largest absolute Gasteiger partial charge is 0.481 e. The van der Waals surface area contributed by atoms with Crippen LogP contribution < -0.4 is 5.32 Å². The summed E-state index contributed by atoms with van der Waals surface area (Å²) in [4.78, 5) is 23.8. The lowest BCUT2D eigenvalue weighted by atomic mass is 10.1. The van der Waals surface area contributed by atoms with Gasteiger partial charge in [-0.1, -0.05) is 0 Å². The van der Waals surface area contributed by atoms with Gasteiger partial charge in [-0.2, -0.15) is 0 Å². The monoisotopic (exact) mass is 228 g/mol. The second-order valence-corrected chi connectivity index (χ2v) is 4.26. The smallest absolute Gasteiger partial charge is 0.303 e. The Morgan fingerprint density at radius 2 is 2.27 bits per heavy atom. The van der Waals surface area contributed by atoms with Gasteiger partial charge < -0.3 is 10.4 Å². The fraction of sp³-hybridized carbons (Fsp3) is 0.667. The van der Waals surface area contributed by atoms with Crippen LogP contribution in [0.1, 0.15) is 25.7 Å². The predicted octanol–water partition coefficient (Wildman–Crippen LogP) is 0.0989. The molecule has 2 rings (SSSR count). The number of carbonyl (C=O) groups is 2. The van der Waals surface area contributed by atoms with Gasteiger partial charge >= 0.3 is 5.97 Å². The molecule has 0 spiro atoms. The molecule has 0 bridgehead atoms. The molecule has 0 aromatic carbocycles. The number of rotatable bonds is 4. The highest BCUT2D eigenvalue weighted by Gasteiger charge is 2.43. The number of hydrogen-bond acceptors (Lipinski definition) is 3. The molecule has 1 saturated carbocycles. The average Bonchev–Trinajstić information content (AvgIpc) is 2.92. The van der Waals surface area contributed by atoms with Crippen LogP contribution in [0.15, 0.2) is 0 Å². The third-order valence-electron chi connectivity index (χ3n) is 2.61. The lowest BCUT2D eigenvalue weighted by molar-refractivity contribution is -0.137. The molecule has 0 aromatic rings. The van der Waals surface area contributed by atoms with Crippen molar-refractivity contribution in [2.75, 3.05) is 0 Å². The summed E-state index contributed by atoms with van der Waals surface area (Å²) in [5.74, 6) is -0.954. The zero-order chi connectivity index (χ0) is 11.0. The zero-order valence-corrected chi connectivity index (χ0v) is 8.92. The van der Waals surface area contributed by atoms with Gasteiger partial charge in [-0.05, 0) is 31.5 Å². The molecule has 2 fully saturated rings. The first-order valence-corrected chi connectivity index (χ1v) is 5.36. The van der Waals surface area contributed by atoms with Gasteiger partial charge in [0.1, 0.15) is 6.04 Å². The normalized spacial score (nSPS) is 25.6. The first-order valence-electron chi connectivity index (χ1n) is 4.95. The number of thiocarbonyl (C=S) groups is 1. The van der Waals surface area contributed by atoms with Crippen molar-refractivity contribution >= 4 is 29.2 Å². The highest BCUT2D eigenvalue weighted by Crippen LogP contribution is 2.30. The van der Waals surface area contributed by atoms with Crippen LogP contribution in [0, 0.1) is 0 Å². The van der Waals surface area contributed by atoms with Crippen LogP contribution in [0.3, 0.4) is 0 Å². The second kappa shape index (κ2) is 3.77. The third-order valence-corrected chi connectivity index (χ3v) is 2.93. The summed E-state index contributed by atoms with van der Waals surface area (Å²) < 4.78 is 0. The number of aliphatic carboxylic acids is 1. The first kappa shape index (κ1) is 10.4. The number of amides is 1. The van der Waals surface area contributed by atoms with Gasteiger partial charge in [0.25, 0.3) is 5.91 Å². The molecule has 82 valence electrons. The van der Waals surface area contributed by atoms with Crippen molar-refractivity contribution in [3.8, 4) is 0 Å². The number of carbonyl (C=O) groups excluding carboxylic acids is 1. The van der Waals surface area contributed by atoms with E-state index >= 15 is 0 Å². The highest BCUT2D eigenvalue weighted by molar-refractivity contribution is 7.80. The second-order valence-electron chi connectivity index (χ2n) is 3.87. The van der Waals surface area contributed by atoms with Crippen molar-refractivity contribution < 1.29 is 14.7 Å². The maximum atomic E-state index is 11.8. The Balaban J connectivity index is 1.95. The Kier molecular flexibility index (Phi) is 2.60. The van der Waals surface area contributed by atoms with Crippen LogP contribution in [0.5, 0.6) is 0 Å². The topological polar surface area (TPSA) is 69.6 Å². The minimum atomic E-state index is -0.889. The number of nitrogens with zero attached hydrogens (tertiary/aromatic N) is 1.